The molecule has 2 aromatic carbocycles. The molecular formula is C18H22N2O3. The molecule has 0 heterocycles. The number of hydrogen-bond donors (Lipinski definition) is 2. The third-order valence-corrected chi connectivity index (χ3v) is 3.05. The van der Waals surface area contributed by atoms with Crippen molar-refractivity contribution in [3.8, 4) is 5.75 Å². The molecule has 5 heteroatoms. The van der Waals surface area contributed by atoms with Crippen molar-refractivity contribution in [3.63, 3.8) is 0 Å². The maximum atomic E-state index is 11.7. The fourth-order valence-electron chi connectivity index (χ4n) is 2.10. The Hall–Kier alpha value is -2.56. The Bertz CT molecular complexity index is 705. The van der Waals surface area contributed by atoms with E-state index in [9.17, 15) is 9.59 Å². The summed E-state index contributed by atoms with van der Waals surface area (Å²) in [6, 6.07) is 13.6. The Morgan fingerprint density at radius 1 is 1.00 bits per heavy atom. The summed E-state index contributed by atoms with van der Waals surface area (Å²) in [5.41, 5.74) is -0.316. The molecule has 0 aliphatic carbocycles. The van der Waals surface area contributed by atoms with Gasteiger partial charge in [-0.05, 0) is 43.7 Å². The van der Waals surface area contributed by atoms with Crippen molar-refractivity contribution in [1.82, 2.24) is 10.6 Å². The highest BCUT2D eigenvalue weighted by Gasteiger charge is 2.14. The molecule has 2 N–H and O–H groups in total. The van der Waals surface area contributed by atoms with Crippen LogP contribution in [-0.2, 0) is 9.59 Å². The van der Waals surface area contributed by atoms with Crippen LogP contribution in [0, 0.1) is 0 Å². The van der Waals surface area contributed by atoms with E-state index in [2.05, 4.69) is 10.6 Å². The van der Waals surface area contributed by atoms with Gasteiger partial charge in [0.05, 0.1) is 6.54 Å². The van der Waals surface area contributed by atoms with Gasteiger partial charge in [-0.3, -0.25) is 9.59 Å². The topological polar surface area (TPSA) is 67.4 Å². The van der Waals surface area contributed by atoms with E-state index in [0.717, 1.165) is 10.8 Å². The van der Waals surface area contributed by atoms with Gasteiger partial charge in [0, 0.05) is 5.54 Å². The molecule has 0 spiro atoms. The SMILES string of the molecule is CC(C)(C)NC(=O)CNC(=O)COc1ccc2ccccc2c1. The van der Waals surface area contributed by atoms with Gasteiger partial charge in [-0.2, -0.15) is 0 Å². The number of carbonyl (C=O) groups excluding carboxylic acids is 2. The number of hydrogen-bond acceptors (Lipinski definition) is 3. The van der Waals surface area contributed by atoms with Crippen LogP contribution in [0.5, 0.6) is 5.75 Å². The molecule has 0 fully saturated rings. The molecule has 2 amide bonds. The third kappa shape index (κ3) is 5.62. The average Bonchev–Trinajstić information content (AvgIpc) is 2.49. The summed E-state index contributed by atoms with van der Waals surface area (Å²) in [6.07, 6.45) is 0. The molecule has 0 atom stereocenters. The van der Waals surface area contributed by atoms with Gasteiger partial charge in [0.25, 0.3) is 5.91 Å². The number of fused-ring (bicyclic) bond motifs is 1. The zero-order valence-electron chi connectivity index (χ0n) is 13.7. The molecular weight excluding hydrogens is 292 g/mol. The Balaban J connectivity index is 1.80. The fraction of sp³-hybridized carbons (Fsp3) is 0.333. The standard InChI is InChI=1S/C18H22N2O3/c1-18(2,3)20-16(21)11-19-17(22)12-23-15-9-8-13-6-4-5-7-14(13)10-15/h4-10H,11-12H2,1-3H3,(H,19,22)(H,20,21). The Morgan fingerprint density at radius 3 is 2.39 bits per heavy atom. The Morgan fingerprint density at radius 2 is 1.70 bits per heavy atom. The van der Waals surface area contributed by atoms with Crippen LogP contribution < -0.4 is 15.4 Å². The molecule has 0 saturated carbocycles. The summed E-state index contributed by atoms with van der Waals surface area (Å²) in [5.74, 6) is 0.0664. The van der Waals surface area contributed by atoms with Crippen LogP contribution in [0.1, 0.15) is 20.8 Å². The van der Waals surface area contributed by atoms with E-state index in [1.54, 1.807) is 0 Å². The number of nitrogens with one attached hydrogen (secondary N) is 2. The Kier molecular flexibility index (Phi) is 5.21. The lowest BCUT2D eigenvalue weighted by Crippen LogP contribution is -2.46. The van der Waals surface area contributed by atoms with Gasteiger partial charge in [-0.15, -0.1) is 0 Å². The van der Waals surface area contributed by atoms with E-state index in [1.165, 1.54) is 0 Å². The number of rotatable bonds is 5. The minimum atomic E-state index is -0.331. The number of benzene rings is 2. The van der Waals surface area contributed by atoms with Crippen LogP contribution >= 0.6 is 0 Å². The molecule has 0 radical (unpaired) electrons. The van der Waals surface area contributed by atoms with Crippen molar-refractivity contribution in [2.24, 2.45) is 0 Å². The van der Waals surface area contributed by atoms with Gasteiger partial charge in [-0.1, -0.05) is 30.3 Å². The first kappa shape index (κ1) is 16.8. The summed E-state index contributed by atoms with van der Waals surface area (Å²) in [6.45, 7) is 5.47. The van der Waals surface area contributed by atoms with Gasteiger partial charge in [0.1, 0.15) is 5.75 Å². The smallest absolute Gasteiger partial charge is 0.258 e. The third-order valence-electron chi connectivity index (χ3n) is 3.05. The highest BCUT2D eigenvalue weighted by Crippen LogP contribution is 2.20. The van der Waals surface area contributed by atoms with Crippen LogP contribution in [0.3, 0.4) is 0 Å². The molecule has 2 rings (SSSR count). The zero-order chi connectivity index (χ0) is 16.9. The second-order valence-corrected chi connectivity index (χ2v) is 6.37. The monoisotopic (exact) mass is 314 g/mol. The van der Waals surface area contributed by atoms with Crippen molar-refractivity contribution in [2.75, 3.05) is 13.2 Å². The van der Waals surface area contributed by atoms with Crippen LogP contribution in [0.25, 0.3) is 10.8 Å². The van der Waals surface area contributed by atoms with Gasteiger partial charge >= 0.3 is 0 Å². The molecule has 0 unspecified atom stereocenters. The molecule has 0 saturated heterocycles. The minimum absolute atomic E-state index is 0.0583. The highest BCUT2D eigenvalue weighted by atomic mass is 16.5. The predicted octanol–water partition coefficient (Wildman–Crippen LogP) is 2.25. The fourth-order valence-corrected chi connectivity index (χ4v) is 2.10. The van der Waals surface area contributed by atoms with Crippen molar-refractivity contribution in [1.29, 1.82) is 0 Å². The first-order valence-corrected chi connectivity index (χ1v) is 7.53. The van der Waals surface area contributed by atoms with E-state index >= 15 is 0 Å². The average molecular weight is 314 g/mol. The molecule has 0 aliphatic heterocycles. The van der Waals surface area contributed by atoms with E-state index in [1.807, 2.05) is 63.2 Å². The second-order valence-electron chi connectivity index (χ2n) is 6.37. The molecule has 0 aromatic heterocycles. The van der Waals surface area contributed by atoms with Crippen LogP contribution in [0.2, 0.25) is 0 Å². The lowest BCUT2D eigenvalue weighted by atomic mass is 10.1. The molecule has 2 aromatic rings. The first-order valence-electron chi connectivity index (χ1n) is 7.53. The number of ether oxygens (including phenoxy) is 1. The molecule has 5 nitrogen and oxygen atoms in total. The molecule has 122 valence electrons. The lowest BCUT2D eigenvalue weighted by Gasteiger charge is -2.20. The van der Waals surface area contributed by atoms with Crippen molar-refractivity contribution < 1.29 is 14.3 Å². The summed E-state index contributed by atoms with van der Waals surface area (Å²) in [5, 5.41) is 7.48. The molecule has 23 heavy (non-hydrogen) atoms. The predicted molar refractivity (Wildman–Crippen MR) is 90.3 cm³/mol. The molecule has 0 bridgehead atoms. The maximum absolute atomic E-state index is 11.7. The normalized spacial score (nSPS) is 11.1. The summed E-state index contributed by atoms with van der Waals surface area (Å²) >= 11 is 0. The Labute approximate surface area is 136 Å². The van der Waals surface area contributed by atoms with Crippen LogP contribution in [0.4, 0.5) is 0 Å². The van der Waals surface area contributed by atoms with Crippen molar-refractivity contribution >= 4 is 22.6 Å². The molecule has 0 aliphatic rings. The first-order chi connectivity index (χ1) is 10.8. The van der Waals surface area contributed by atoms with Crippen molar-refractivity contribution in [2.45, 2.75) is 26.3 Å². The summed E-state index contributed by atoms with van der Waals surface area (Å²) < 4.78 is 5.47. The maximum Gasteiger partial charge on any atom is 0.258 e. The van der Waals surface area contributed by atoms with Crippen molar-refractivity contribution in [3.05, 3.63) is 42.5 Å². The van der Waals surface area contributed by atoms with E-state index in [0.29, 0.717) is 5.75 Å². The van der Waals surface area contributed by atoms with Crippen LogP contribution in [-0.4, -0.2) is 30.5 Å². The summed E-state index contributed by atoms with van der Waals surface area (Å²) in [4.78, 5) is 23.4. The van der Waals surface area contributed by atoms with Crippen LogP contribution in [0.15, 0.2) is 42.5 Å². The number of amides is 2. The van der Waals surface area contributed by atoms with E-state index in [4.69, 9.17) is 4.74 Å². The lowest BCUT2D eigenvalue weighted by molar-refractivity contribution is -0.127. The second kappa shape index (κ2) is 7.13. The van der Waals surface area contributed by atoms with Gasteiger partial charge in [-0.25, -0.2) is 0 Å². The van der Waals surface area contributed by atoms with E-state index in [-0.39, 0.29) is 30.5 Å². The number of carbonyl (C=O) groups is 2. The summed E-state index contributed by atoms with van der Waals surface area (Å²) in [7, 11) is 0. The van der Waals surface area contributed by atoms with Gasteiger partial charge < -0.3 is 15.4 Å². The largest absolute Gasteiger partial charge is 0.484 e. The zero-order valence-corrected chi connectivity index (χ0v) is 13.7. The van der Waals surface area contributed by atoms with E-state index < -0.39 is 0 Å². The highest BCUT2D eigenvalue weighted by molar-refractivity contribution is 5.86. The minimum Gasteiger partial charge on any atom is -0.484 e. The van der Waals surface area contributed by atoms with Gasteiger partial charge in [0.15, 0.2) is 6.61 Å². The van der Waals surface area contributed by atoms with Gasteiger partial charge in [0.2, 0.25) is 5.91 Å². The quantitative estimate of drug-likeness (QED) is 0.889.